The molecule has 0 saturated carbocycles. The van der Waals surface area contributed by atoms with Crippen molar-refractivity contribution in [2.45, 2.75) is 26.1 Å². The number of rotatable bonds is 1. The third-order valence-corrected chi connectivity index (χ3v) is 3.18. The molecule has 0 aliphatic carbocycles. The molecule has 0 fully saturated rings. The Balaban J connectivity index is 2.45. The number of nitrogens with zero attached hydrogens (tertiary/aromatic N) is 2. The molecular formula is C16H16BN2O. The van der Waals surface area contributed by atoms with Crippen molar-refractivity contribution >= 4 is 29.2 Å². The number of benzene rings is 1. The molecule has 99 valence electrons. The molecule has 3 rings (SSSR count). The lowest BCUT2D eigenvalue weighted by Crippen LogP contribution is -2.29. The van der Waals surface area contributed by atoms with E-state index < -0.39 is 0 Å². The maximum absolute atomic E-state index is 12.3. The van der Waals surface area contributed by atoms with E-state index in [2.05, 4.69) is 25.8 Å². The molecule has 0 bridgehead atoms. The van der Waals surface area contributed by atoms with Gasteiger partial charge >= 0.3 is 0 Å². The van der Waals surface area contributed by atoms with Gasteiger partial charge in [0.25, 0.3) is 7.41 Å². The smallest absolute Gasteiger partial charge is 0.262 e. The number of para-hydroxylation sites is 1. The van der Waals surface area contributed by atoms with E-state index in [0.29, 0.717) is 0 Å². The molecule has 0 aliphatic heterocycles. The number of aromatic nitrogens is 2. The van der Waals surface area contributed by atoms with Gasteiger partial charge in [0.15, 0.2) is 0 Å². The van der Waals surface area contributed by atoms with Crippen molar-refractivity contribution in [3.63, 3.8) is 0 Å². The maximum Gasteiger partial charge on any atom is 0.262 e. The Hall–Kier alpha value is -2.10. The summed E-state index contributed by atoms with van der Waals surface area (Å²) in [5, 5.41) is 1.90. The van der Waals surface area contributed by atoms with Crippen molar-refractivity contribution < 1.29 is 0 Å². The van der Waals surface area contributed by atoms with Crippen LogP contribution in [-0.4, -0.2) is 16.9 Å². The summed E-state index contributed by atoms with van der Waals surface area (Å²) in [4.78, 5) is 16.7. The Bertz CT molecular complexity index is 846. The summed E-state index contributed by atoms with van der Waals surface area (Å²) in [6, 6.07) is 11.3. The Morgan fingerprint density at radius 2 is 1.85 bits per heavy atom. The average Bonchev–Trinajstić information content (AvgIpc) is 2.40. The van der Waals surface area contributed by atoms with Crippen molar-refractivity contribution in [1.29, 1.82) is 0 Å². The Morgan fingerprint density at radius 3 is 2.60 bits per heavy atom. The predicted molar refractivity (Wildman–Crippen MR) is 84.4 cm³/mol. The number of hydrogen-bond donors (Lipinski definition) is 0. The molecule has 2 heterocycles. The lowest BCUT2D eigenvalue weighted by molar-refractivity contribution is 0.739. The summed E-state index contributed by atoms with van der Waals surface area (Å²) in [5.74, 6) is 0. The highest BCUT2D eigenvalue weighted by atomic mass is 16.1. The van der Waals surface area contributed by atoms with E-state index >= 15 is 0 Å². The highest BCUT2D eigenvalue weighted by Crippen LogP contribution is 2.25. The summed E-state index contributed by atoms with van der Waals surface area (Å²) in [7, 11) is 1.98. The van der Waals surface area contributed by atoms with Crippen LogP contribution in [0.15, 0.2) is 47.4 Å². The standard InChI is InChI=1S/C16H16BN2O/c1-16(2,3)17-19-14(20)9-8-11-10-18-13-7-5-4-6-12(13)15(11)19/h4-10H,1-3H3. The lowest BCUT2D eigenvalue weighted by atomic mass is 9.64. The monoisotopic (exact) mass is 263 g/mol. The van der Waals surface area contributed by atoms with Crippen LogP contribution in [0, 0.1) is 0 Å². The fourth-order valence-electron chi connectivity index (χ4n) is 2.40. The van der Waals surface area contributed by atoms with E-state index in [4.69, 9.17) is 0 Å². The molecule has 0 aliphatic rings. The van der Waals surface area contributed by atoms with Gasteiger partial charge in [-0.15, -0.1) is 0 Å². The number of hydrogen-bond acceptors (Lipinski definition) is 2. The molecule has 0 N–H and O–H groups in total. The molecule has 1 radical (unpaired) electrons. The third-order valence-electron chi connectivity index (χ3n) is 3.18. The third kappa shape index (κ3) is 2.22. The van der Waals surface area contributed by atoms with Gasteiger partial charge in [0, 0.05) is 28.6 Å². The minimum absolute atomic E-state index is 0.0104. The summed E-state index contributed by atoms with van der Waals surface area (Å²) >= 11 is 0. The van der Waals surface area contributed by atoms with E-state index in [0.717, 1.165) is 21.8 Å². The fourth-order valence-corrected chi connectivity index (χ4v) is 2.40. The van der Waals surface area contributed by atoms with Gasteiger partial charge in [0.1, 0.15) is 0 Å². The van der Waals surface area contributed by atoms with Crippen LogP contribution in [0.1, 0.15) is 20.8 Å². The van der Waals surface area contributed by atoms with Gasteiger partial charge < -0.3 is 4.48 Å². The zero-order chi connectivity index (χ0) is 14.3. The Morgan fingerprint density at radius 1 is 1.10 bits per heavy atom. The van der Waals surface area contributed by atoms with Gasteiger partial charge in [-0.05, 0) is 17.4 Å². The molecule has 0 spiro atoms. The van der Waals surface area contributed by atoms with Crippen molar-refractivity contribution in [3.05, 3.63) is 52.9 Å². The van der Waals surface area contributed by atoms with E-state index in [-0.39, 0.29) is 10.9 Å². The fraction of sp³-hybridized carbons (Fsp3) is 0.250. The summed E-state index contributed by atoms with van der Waals surface area (Å²) in [5.41, 5.74) is 1.82. The second-order valence-electron chi connectivity index (χ2n) is 6.12. The van der Waals surface area contributed by atoms with Gasteiger partial charge in [-0.2, -0.15) is 0 Å². The van der Waals surface area contributed by atoms with Gasteiger partial charge in [0.05, 0.1) is 5.52 Å². The first-order valence-corrected chi connectivity index (χ1v) is 6.71. The largest absolute Gasteiger partial charge is 0.357 e. The molecule has 4 heteroatoms. The molecule has 0 atom stereocenters. The predicted octanol–water partition coefficient (Wildman–Crippen LogP) is 3.24. The van der Waals surface area contributed by atoms with Crippen molar-refractivity contribution in [3.8, 4) is 0 Å². The first-order valence-electron chi connectivity index (χ1n) is 6.71. The molecule has 0 saturated heterocycles. The van der Waals surface area contributed by atoms with Crippen molar-refractivity contribution in [2.24, 2.45) is 0 Å². The van der Waals surface area contributed by atoms with E-state index in [1.807, 2.05) is 43.9 Å². The zero-order valence-electron chi connectivity index (χ0n) is 11.9. The Kier molecular flexibility index (Phi) is 2.89. The SMILES string of the molecule is CC(C)(C)[B]n1c(=O)ccc2cnc3ccccc3c21. The highest BCUT2D eigenvalue weighted by molar-refractivity contribution is 6.40. The van der Waals surface area contributed by atoms with Crippen LogP contribution in [0.2, 0.25) is 5.31 Å². The molecule has 0 unspecified atom stereocenters. The van der Waals surface area contributed by atoms with Gasteiger partial charge in [-0.25, -0.2) is 0 Å². The molecule has 3 aromatic rings. The van der Waals surface area contributed by atoms with E-state index in [9.17, 15) is 4.79 Å². The van der Waals surface area contributed by atoms with Gasteiger partial charge in [-0.3, -0.25) is 9.78 Å². The normalized spacial score (nSPS) is 11.9. The van der Waals surface area contributed by atoms with Crippen molar-refractivity contribution in [2.75, 3.05) is 0 Å². The van der Waals surface area contributed by atoms with Crippen LogP contribution >= 0.6 is 0 Å². The van der Waals surface area contributed by atoms with Crippen LogP contribution < -0.4 is 5.56 Å². The second kappa shape index (κ2) is 4.48. The molecule has 20 heavy (non-hydrogen) atoms. The van der Waals surface area contributed by atoms with Crippen LogP contribution in [0.3, 0.4) is 0 Å². The first-order chi connectivity index (χ1) is 9.46. The summed E-state index contributed by atoms with van der Waals surface area (Å²) in [6.07, 6.45) is 1.82. The minimum Gasteiger partial charge on any atom is -0.357 e. The van der Waals surface area contributed by atoms with Gasteiger partial charge in [0.2, 0.25) is 5.56 Å². The molecule has 3 nitrogen and oxygen atoms in total. The molecule has 2 aromatic heterocycles. The highest BCUT2D eigenvalue weighted by Gasteiger charge is 2.18. The molecule has 0 amide bonds. The van der Waals surface area contributed by atoms with Gasteiger partial charge in [-0.1, -0.05) is 39.0 Å². The first kappa shape index (κ1) is 12.9. The van der Waals surface area contributed by atoms with Crippen molar-refractivity contribution in [1.82, 2.24) is 9.46 Å². The zero-order valence-corrected chi connectivity index (χ0v) is 11.9. The summed E-state index contributed by atoms with van der Waals surface area (Å²) in [6.45, 7) is 6.25. The average molecular weight is 263 g/mol. The minimum atomic E-state index is -0.0809. The number of fused-ring (bicyclic) bond motifs is 3. The molecule has 1 aromatic carbocycles. The van der Waals surface area contributed by atoms with E-state index in [1.54, 1.807) is 10.5 Å². The molecular weight excluding hydrogens is 247 g/mol. The maximum atomic E-state index is 12.3. The van der Waals surface area contributed by atoms with Crippen LogP contribution in [0.25, 0.3) is 21.8 Å². The number of pyridine rings is 2. The Labute approximate surface area is 118 Å². The van der Waals surface area contributed by atoms with Crippen LogP contribution in [0.5, 0.6) is 0 Å². The lowest BCUT2D eigenvalue weighted by Gasteiger charge is -2.20. The second-order valence-corrected chi connectivity index (χ2v) is 6.12. The summed E-state index contributed by atoms with van der Waals surface area (Å²) < 4.78 is 1.75. The van der Waals surface area contributed by atoms with Crippen LogP contribution in [0.4, 0.5) is 0 Å². The van der Waals surface area contributed by atoms with E-state index in [1.165, 1.54) is 0 Å². The van der Waals surface area contributed by atoms with Crippen LogP contribution in [-0.2, 0) is 0 Å². The quantitative estimate of drug-likeness (QED) is 0.499. The topological polar surface area (TPSA) is 34.9 Å².